The van der Waals surface area contributed by atoms with Crippen molar-refractivity contribution in [3.05, 3.63) is 65.1 Å². The number of amides is 2. The minimum Gasteiger partial charge on any atom is -0.272 e. The number of aromatic amines is 1. The van der Waals surface area contributed by atoms with Gasteiger partial charge in [0, 0.05) is 18.3 Å². The third kappa shape index (κ3) is 3.45. The SMILES string of the molecule is Cc1cc(C(=O)NNC(=O)c2cc(-c3ccccc3)n[nH]2)c2c(C)nn(C)c2n1. The third-order valence-corrected chi connectivity index (χ3v) is 4.52. The summed E-state index contributed by atoms with van der Waals surface area (Å²) >= 11 is 0. The summed E-state index contributed by atoms with van der Waals surface area (Å²) in [5, 5.41) is 11.8. The monoisotopic (exact) mass is 389 g/mol. The zero-order chi connectivity index (χ0) is 20.5. The van der Waals surface area contributed by atoms with Crippen molar-refractivity contribution < 1.29 is 9.59 Å². The zero-order valence-electron chi connectivity index (χ0n) is 16.1. The van der Waals surface area contributed by atoms with Crippen LogP contribution >= 0.6 is 0 Å². The number of hydrogen-bond acceptors (Lipinski definition) is 5. The lowest BCUT2D eigenvalue weighted by Crippen LogP contribution is -2.41. The molecule has 0 aliphatic rings. The molecule has 4 aromatic rings. The van der Waals surface area contributed by atoms with Gasteiger partial charge in [-0.2, -0.15) is 10.2 Å². The molecule has 0 unspecified atom stereocenters. The largest absolute Gasteiger partial charge is 0.287 e. The normalized spacial score (nSPS) is 10.9. The summed E-state index contributed by atoms with van der Waals surface area (Å²) in [6, 6.07) is 12.8. The van der Waals surface area contributed by atoms with Gasteiger partial charge >= 0.3 is 0 Å². The van der Waals surface area contributed by atoms with Crippen LogP contribution in [0.25, 0.3) is 22.3 Å². The Labute approximate surface area is 166 Å². The fourth-order valence-electron chi connectivity index (χ4n) is 3.19. The molecular formula is C20H19N7O2. The first-order valence-corrected chi connectivity index (χ1v) is 8.96. The summed E-state index contributed by atoms with van der Waals surface area (Å²) in [6.07, 6.45) is 0. The number of hydrazine groups is 1. The van der Waals surface area contributed by atoms with Gasteiger partial charge in [-0.3, -0.25) is 30.2 Å². The molecule has 0 aliphatic heterocycles. The summed E-state index contributed by atoms with van der Waals surface area (Å²) in [5.41, 5.74) is 9.00. The van der Waals surface area contributed by atoms with Gasteiger partial charge in [0.1, 0.15) is 5.69 Å². The molecule has 0 radical (unpaired) electrons. The van der Waals surface area contributed by atoms with E-state index < -0.39 is 11.8 Å². The summed E-state index contributed by atoms with van der Waals surface area (Å²) < 4.78 is 1.63. The standard InChI is InChI=1S/C20H19N7O2/c1-11-9-14(17-12(2)26-27(3)18(17)21-11)19(28)24-25-20(29)16-10-15(22-23-16)13-7-5-4-6-8-13/h4-10H,1-3H3,(H,22,23)(H,24,28)(H,25,29). The molecule has 0 atom stereocenters. The first-order valence-electron chi connectivity index (χ1n) is 8.96. The molecular weight excluding hydrogens is 370 g/mol. The number of H-pyrrole nitrogens is 1. The van der Waals surface area contributed by atoms with Crippen molar-refractivity contribution in [2.75, 3.05) is 0 Å². The van der Waals surface area contributed by atoms with Crippen molar-refractivity contribution in [3.63, 3.8) is 0 Å². The smallest absolute Gasteiger partial charge is 0.272 e. The second-order valence-corrected chi connectivity index (χ2v) is 6.66. The van der Waals surface area contributed by atoms with E-state index in [0.29, 0.717) is 33.7 Å². The van der Waals surface area contributed by atoms with Crippen LogP contribution in [0, 0.1) is 13.8 Å². The van der Waals surface area contributed by atoms with Gasteiger partial charge in [-0.25, -0.2) is 4.98 Å². The Morgan fingerprint density at radius 1 is 1.03 bits per heavy atom. The molecule has 3 heterocycles. The summed E-state index contributed by atoms with van der Waals surface area (Å²) in [6.45, 7) is 3.61. The van der Waals surface area contributed by atoms with Gasteiger partial charge in [0.05, 0.1) is 22.3 Å². The van der Waals surface area contributed by atoms with Crippen LogP contribution in [-0.4, -0.2) is 36.8 Å². The number of benzene rings is 1. The lowest BCUT2D eigenvalue weighted by Gasteiger charge is -2.08. The maximum absolute atomic E-state index is 12.7. The molecule has 0 aliphatic carbocycles. The Kier molecular flexibility index (Phi) is 4.55. The molecule has 4 rings (SSSR count). The Balaban J connectivity index is 1.51. The predicted octanol–water partition coefficient (Wildman–Crippen LogP) is 2.05. The molecule has 3 N–H and O–H groups in total. The second-order valence-electron chi connectivity index (χ2n) is 6.66. The van der Waals surface area contributed by atoms with Crippen molar-refractivity contribution in [1.82, 2.24) is 35.8 Å². The van der Waals surface area contributed by atoms with Crippen molar-refractivity contribution in [2.45, 2.75) is 13.8 Å². The van der Waals surface area contributed by atoms with Gasteiger partial charge in [-0.15, -0.1) is 0 Å². The molecule has 0 saturated carbocycles. The lowest BCUT2D eigenvalue weighted by molar-refractivity contribution is 0.0844. The molecule has 3 aromatic heterocycles. The number of carbonyl (C=O) groups is 2. The second kappa shape index (κ2) is 7.19. The Morgan fingerprint density at radius 2 is 1.76 bits per heavy atom. The topological polar surface area (TPSA) is 118 Å². The van der Waals surface area contributed by atoms with Crippen LogP contribution in [0.3, 0.4) is 0 Å². The van der Waals surface area contributed by atoms with E-state index >= 15 is 0 Å². The van der Waals surface area contributed by atoms with Gasteiger partial charge in [0.15, 0.2) is 5.65 Å². The van der Waals surface area contributed by atoms with Crippen LogP contribution in [0.15, 0.2) is 42.5 Å². The number of aryl methyl sites for hydroxylation is 3. The minimum atomic E-state index is -0.502. The Hall–Kier alpha value is -4.01. The quantitative estimate of drug-likeness (QED) is 0.464. The van der Waals surface area contributed by atoms with E-state index in [-0.39, 0.29) is 5.69 Å². The zero-order valence-corrected chi connectivity index (χ0v) is 16.1. The maximum atomic E-state index is 12.7. The van der Waals surface area contributed by atoms with Crippen LogP contribution in [-0.2, 0) is 7.05 Å². The average molecular weight is 389 g/mol. The van der Waals surface area contributed by atoms with Gasteiger partial charge in [0.2, 0.25) is 0 Å². The number of aromatic nitrogens is 5. The molecule has 146 valence electrons. The molecule has 0 spiro atoms. The van der Waals surface area contributed by atoms with Crippen molar-refractivity contribution in [1.29, 1.82) is 0 Å². The van der Waals surface area contributed by atoms with Gasteiger partial charge in [-0.1, -0.05) is 30.3 Å². The number of pyridine rings is 1. The fraction of sp³-hybridized carbons (Fsp3) is 0.150. The van der Waals surface area contributed by atoms with Crippen LogP contribution < -0.4 is 10.9 Å². The van der Waals surface area contributed by atoms with Crippen LogP contribution in [0.2, 0.25) is 0 Å². The molecule has 9 heteroatoms. The first-order chi connectivity index (χ1) is 13.9. The van der Waals surface area contributed by atoms with Gasteiger partial charge < -0.3 is 0 Å². The molecule has 0 fully saturated rings. The molecule has 9 nitrogen and oxygen atoms in total. The highest BCUT2D eigenvalue weighted by molar-refractivity contribution is 6.07. The highest BCUT2D eigenvalue weighted by Gasteiger charge is 2.19. The number of hydrogen-bond donors (Lipinski definition) is 3. The van der Waals surface area contributed by atoms with Crippen LogP contribution in [0.4, 0.5) is 0 Å². The summed E-state index contributed by atoms with van der Waals surface area (Å²) in [7, 11) is 1.77. The molecule has 0 bridgehead atoms. The van der Waals surface area contributed by atoms with Gasteiger partial charge in [0.25, 0.3) is 11.8 Å². The number of rotatable bonds is 3. The Bertz CT molecular complexity index is 1220. The maximum Gasteiger partial charge on any atom is 0.287 e. The van der Waals surface area contributed by atoms with Crippen LogP contribution in [0.5, 0.6) is 0 Å². The Morgan fingerprint density at radius 3 is 2.52 bits per heavy atom. The predicted molar refractivity (Wildman–Crippen MR) is 107 cm³/mol. The minimum absolute atomic E-state index is 0.234. The van der Waals surface area contributed by atoms with Crippen LogP contribution in [0.1, 0.15) is 32.2 Å². The average Bonchev–Trinajstić information content (AvgIpc) is 3.31. The molecule has 1 aromatic carbocycles. The number of carbonyl (C=O) groups excluding carboxylic acids is 2. The van der Waals surface area contributed by atoms with E-state index in [9.17, 15) is 9.59 Å². The highest BCUT2D eigenvalue weighted by Crippen LogP contribution is 2.21. The van der Waals surface area contributed by atoms with E-state index in [1.54, 1.807) is 30.8 Å². The number of nitrogens with one attached hydrogen (secondary N) is 3. The lowest BCUT2D eigenvalue weighted by atomic mass is 10.1. The van der Waals surface area contributed by atoms with E-state index in [1.165, 1.54) is 0 Å². The molecule has 29 heavy (non-hydrogen) atoms. The third-order valence-electron chi connectivity index (χ3n) is 4.52. The van der Waals surface area contributed by atoms with Crippen molar-refractivity contribution in [2.24, 2.45) is 7.05 Å². The summed E-state index contributed by atoms with van der Waals surface area (Å²) in [5.74, 6) is -0.953. The highest BCUT2D eigenvalue weighted by atomic mass is 16.2. The van der Waals surface area contributed by atoms with E-state index in [4.69, 9.17) is 0 Å². The van der Waals surface area contributed by atoms with E-state index in [0.717, 1.165) is 5.56 Å². The molecule has 0 saturated heterocycles. The van der Waals surface area contributed by atoms with Gasteiger partial charge in [-0.05, 0) is 26.0 Å². The van der Waals surface area contributed by atoms with Crippen molar-refractivity contribution in [3.8, 4) is 11.3 Å². The molecule has 2 amide bonds. The number of nitrogens with zero attached hydrogens (tertiary/aromatic N) is 4. The van der Waals surface area contributed by atoms with E-state index in [2.05, 4.69) is 31.1 Å². The number of fused-ring (bicyclic) bond motifs is 1. The fourth-order valence-corrected chi connectivity index (χ4v) is 3.19. The summed E-state index contributed by atoms with van der Waals surface area (Å²) in [4.78, 5) is 29.6. The van der Waals surface area contributed by atoms with Crippen molar-refractivity contribution >= 4 is 22.8 Å². The van der Waals surface area contributed by atoms with E-state index in [1.807, 2.05) is 37.3 Å². The first kappa shape index (κ1) is 18.4.